The summed E-state index contributed by atoms with van der Waals surface area (Å²) < 4.78 is 7.57. The summed E-state index contributed by atoms with van der Waals surface area (Å²) >= 11 is 0. The second kappa shape index (κ2) is 6.84. The molecule has 4 rings (SSSR count). The molecule has 1 unspecified atom stereocenters. The van der Waals surface area contributed by atoms with Crippen LogP contribution >= 0.6 is 0 Å². The van der Waals surface area contributed by atoms with Gasteiger partial charge in [-0.1, -0.05) is 23.4 Å². The van der Waals surface area contributed by atoms with Crippen LogP contribution in [0.15, 0.2) is 30.5 Å². The molecular formula is C18H22N4O3. The molecule has 0 bridgehead atoms. The van der Waals surface area contributed by atoms with Gasteiger partial charge in [0.2, 0.25) is 5.91 Å². The monoisotopic (exact) mass is 342 g/mol. The van der Waals surface area contributed by atoms with Crippen LogP contribution < -0.4 is 4.74 Å². The summed E-state index contributed by atoms with van der Waals surface area (Å²) in [7, 11) is 0. The summed E-state index contributed by atoms with van der Waals surface area (Å²) in [6, 6.07) is 8.17. The van der Waals surface area contributed by atoms with Crippen LogP contribution in [0.5, 0.6) is 5.75 Å². The highest BCUT2D eigenvalue weighted by Gasteiger charge is 2.32. The van der Waals surface area contributed by atoms with Crippen molar-refractivity contribution in [3.05, 3.63) is 41.7 Å². The number of fused-ring (bicyclic) bond motifs is 1. The number of piperidine rings is 1. The van der Waals surface area contributed by atoms with Gasteiger partial charge in [-0.25, -0.2) is 4.68 Å². The van der Waals surface area contributed by atoms with Crippen LogP contribution in [-0.4, -0.2) is 50.6 Å². The lowest BCUT2D eigenvalue weighted by Crippen LogP contribution is -2.45. The van der Waals surface area contributed by atoms with Crippen molar-refractivity contribution in [1.29, 1.82) is 0 Å². The quantitative estimate of drug-likeness (QED) is 0.906. The van der Waals surface area contributed by atoms with E-state index in [1.54, 1.807) is 6.20 Å². The maximum Gasteiger partial charge on any atom is 0.229 e. The molecule has 3 heterocycles. The predicted octanol–water partition coefficient (Wildman–Crippen LogP) is 1.19. The average molecular weight is 342 g/mol. The van der Waals surface area contributed by atoms with Crippen LogP contribution in [0.4, 0.5) is 0 Å². The van der Waals surface area contributed by atoms with Crippen LogP contribution in [0.1, 0.15) is 30.1 Å². The molecule has 7 nitrogen and oxygen atoms in total. The topological polar surface area (TPSA) is 80.5 Å². The molecule has 2 aliphatic heterocycles. The van der Waals surface area contributed by atoms with E-state index in [0.29, 0.717) is 12.3 Å². The third kappa shape index (κ3) is 3.24. The number of benzene rings is 1. The minimum absolute atomic E-state index is 0.0967. The zero-order chi connectivity index (χ0) is 17.2. The van der Waals surface area contributed by atoms with Crippen LogP contribution in [0.2, 0.25) is 0 Å². The van der Waals surface area contributed by atoms with E-state index in [-0.39, 0.29) is 24.5 Å². The second-order valence-electron chi connectivity index (χ2n) is 6.72. The van der Waals surface area contributed by atoms with Crippen molar-refractivity contribution in [2.75, 3.05) is 19.7 Å². The summed E-state index contributed by atoms with van der Waals surface area (Å²) in [6.45, 7) is 1.80. The van der Waals surface area contributed by atoms with E-state index in [1.807, 2.05) is 33.8 Å². The van der Waals surface area contributed by atoms with Gasteiger partial charge in [-0.05, 0) is 30.9 Å². The molecule has 1 aromatic heterocycles. The number of rotatable bonds is 3. The minimum Gasteiger partial charge on any atom is -0.492 e. The Kier molecular flexibility index (Phi) is 4.40. The van der Waals surface area contributed by atoms with Crippen molar-refractivity contribution in [1.82, 2.24) is 19.9 Å². The largest absolute Gasteiger partial charge is 0.492 e. The van der Waals surface area contributed by atoms with E-state index in [2.05, 4.69) is 10.3 Å². The standard InChI is InChI=1S/C18H22N4O3/c23-11-15-10-22(20-19-15)16-5-7-21(8-6-16)18(24)14-9-13-3-1-2-4-17(13)25-12-14/h1-4,10,14,16,23H,5-9,11-12H2. The van der Waals surface area contributed by atoms with Gasteiger partial charge < -0.3 is 14.7 Å². The molecule has 2 aliphatic rings. The van der Waals surface area contributed by atoms with E-state index in [1.165, 1.54) is 0 Å². The van der Waals surface area contributed by atoms with Gasteiger partial charge in [0.25, 0.3) is 0 Å². The van der Waals surface area contributed by atoms with Crippen LogP contribution in [0.3, 0.4) is 0 Å². The Morgan fingerprint density at radius 1 is 1.28 bits per heavy atom. The van der Waals surface area contributed by atoms with Gasteiger partial charge in [-0.15, -0.1) is 5.10 Å². The Balaban J connectivity index is 1.35. The van der Waals surface area contributed by atoms with Crippen molar-refractivity contribution < 1.29 is 14.6 Å². The molecule has 1 N–H and O–H groups in total. The Morgan fingerprint density at radius 3 is 2.84 bits per heavy atom. The lowest BCUT2D eigenvalue weighted by molar-refractivity contribution is -0.138. The number of amides is 1. The molecular weight excluding hydrogens is 320 g/mol. The lowest BCUT2D eigenvalue weighted by atomic mass is 9.94. The maximum atomic E-state index is 12.8. The third-order valence-corrected chi connectivity index (χ3v) is 5.10. The van der Waals surface area contributed by atoms with Gasteiger partial charge in [0.05, 0.1) is 24.8 Å². The minimum atomic E-state index is -0.0983. The van der Waals surface area contributed by atoms with Gasteiger partial charge in [-0.3, -0.25) is 4.79 Å². The molecule has 0 saturated carbocycles. The molecule has 1 amide bonds. The number of aliphatic hydroxyl groups excluding tert-OH is 1. The molecule has 0 spiro atoms. The average Bonchev–Trinajstić information content (AvgIpc) is 3.16. The molecule has 1 atom stereocenters. The summed E-state index contributed by atoms with van der Waals surface area (Å²) in [4.78, 5) is 14.8. The number of ether oxygens (including phenoxy) is 1. The first-order chi connectivity index (χ1) is 12.2. The van der Waals surface area contributed by atoms with Crippen LogP contribution in [0.25, 0.3) is 0 Å². The Labute approximate surface area is 146 Å². The highest BCUT2D eigenvalue weighted by molar-refractivity contribution is 5.80. The first-order valence-corrected chi connectivity index (χ1v) is 8.75. The van der Waals surface area contributed by atoms with Crippen molar-refractivity contribution in [3.63, 3.8) is 0 Å². The first-order valence-electron chi connectivity index (χ1n) is 8.75. The Morgan fingerprint density at radius 2 is 2.08 bits per heavy atom. The Bertz CT molecular complexity index is 752. The summed E-state index contributed by atoms with van der Waals surface area (Å²) in [5.41, 5.74) is 1.69. The predicted molar refractivity (Wildman–Crippen MR) is 89.9 cm³/mol. The van der Waals surface area contributed by atoms with Crippen molar-refractivity contribution in [2.45, 2.75) is 31.9 Å². The number of likely N-dealkylation sites (tertiary alicyclic amines) is 1. The van der Waals surface area contributed by atoms with E-state index in [0.717, 1.165) is 43.7 Å². The van der Waals surface area contributed by atoms with Gasteiger partial charge in [0.15, 0.2) is 0 Å². The van der Waals surface area contributed by atoms with Crippen LogP contribution in [-0.2, 0) is 17.8 Å². The lowest BCUT2D eigenvalue weighted by Gasteiger charge is -2.35. The molecule has 7 heteroatoms. The molecule has 0 radical (unpaired) electrons. The number of hydrogen-bond donors (Lipinski definition) is 1. The fourth-order valence-electron chi connectivity index (χ4n) is 3.66. The van der Waals surface area contributed by atoms with Crippen molar-refractivity contribution in [3.8, 4) is 5.75 Å². The molecule has 1 aromatic carbocycles. The number of aromatic nitrogens is 3. The molecule has 2 aromatic rings. The van der Waals surface area contributed by atoms with Crippen molar-refractivity contribution in [2.24, 2.45) is 5.92 Å². The normalized spacial score (nSPS) is 20.8. The smallest absolute Gasteiger partial charge is 0.229 e. The summed E-state index contributed by atoms with van der Waals surface area (Å²) in [5, 5.41) is 17.1. The van der Waals surface area contributed by atoms with E-state index >= 15 is 0 Å². The number of hydrogen-bond acceptors (Lipinski definition) is 5. The number of carbonyl (C=O) groups excluding carboxylic acids is 1. The molecule has 1 fully saturated rings. The zero-order valence-corrected chi connectivity index (χ0v) is 14.0. The highest BCUT2D eigenvalue weighted by atomic mass is 16.5. The fraction of sp³-hybridized carbons (Fsp3) is 0.500. The van der Waals surface area contributed by atoms with E-state index < -0.39 is 0 Å². The van der Waals surface area contributed by atoms with Gasteiger partial charge in [0, 0.05) is 13.1 Å². The number of nitrogens with zero attached hydrogens (tertiary/aromatic N) is 4. The molecule has 132 valence electrons. The molecule has 25 heavy (non-hydrogen) atoms. The first kappa shape index (κ1) is 16.1. The number of para-hydroxylation sites is 1. The van der Waals surface area contributed by atoms with Crippen molar-refractivity contribution >= 4 is 5.91 Å². The number of aliphatic hydroxyl groups is 1. The summed E-state index contributed by atoms with van der Waals surface area (Å²) in [6.07, 6.45) is 4.24. The highest BCUT2D eigenvalue weighted by Crippen LogP contribution is 2.29. The maximum absolute atomic E-state index is 12.8. The van der Waals surface area contributed by atoms with Crippen LogP contribution in [0, 0.1) is 5.92 Å². The number of carbonyl (C=O) groups is 1. The molecule has 0 aliphatic carbocycles. The van der Waals surface area contributed by atoms with Gasteiger partial charge >= 0.3 is 0 Å². The van der Waals surface area contributed by atoms with Gasteiger partial charge in [0.1, 0.15) is 18.1 Å². The second-order valence-corrected chi connectivity index (χ2v) is 6.72. The van der Waals surface area contributed by atoms with E-state index in [9.17, 15) is 4.79 Å². The van der Waals surface area contributed by atoms with Gasteiger partial charge in [-0.2, -0.15) is 0 Å². The Hall–Kier alpha value is -2.41. The third-order valence-electron chi connectivity index (χ3n) is 5.10. The molecule has 1 saturated heterocycles. The van der Waals surface area contributed by atoms with E-state index in [4.69, 9.17) is 9.84 Å². The fourth-order valence-corrected chi connectivity index (χ4v) is 3.66. The summed E-state index contributed by atoms with van der Waals surface area (Å²) in [5.74, 6) is 0.984. The zero-order valence-electron chi connectivity index (χ0n) is 14.0. The SMILES string of the molecule is O=C(C1COc2ccccc2C1)N1CCC(n2cc(CO)nn2)CC1.